The maximum atomic E-state index is 13.0. The van der Waals surface area contributed by atoms with Gasteiger partial charge in [-0.3, -0.25) is 4.79 Å². The molecule has 0 bridgehead atoms. The predicted molar refractivity (Wildman–Crippen MR) is 86.2 cm³/mol. The standard InChI is InChI=1S/C17H15F3N2O4/c1-26-13-7-9(6-12(23)14(13)24)15-21-11-5-3-2-4-10(11)16(25)22(15)8-17(18,19)20/h2-7,15,21,23-24H,8H2,1H3/t15-/m0/s1. The number of amides is 1. The topological polar surface area (TPSA) is 82.0 Å². The summed E-state index contributed by atoms with van der Waals surface area (Å²) in [6.45, 7) is -1.48. The van der Waals surface area contributed by atoms with Crippen molar-refractivity contribution in [2.24, 2.45) is 0 Å². The van der Waals surface area contributed by atoms with Gasteiger partial charge in [-0.1, -0.05) is 12.1 Å². The van der Waals surface area contributed by atoms with E-state index >= 15 is 0 Å². The second-order valence-electron chi connectivity index (χ2n) is 5.73. The van der Waals surface area contributed by atoms with E-state index in [1.54, 1.807) is 18.2 Å². The minimum Gasteiger partial charge on any atom is -0.504 e. The summed E-state index contributed by atoms with van der Waals surface area (Å²) in [4.78, 5) is 13.2. The van der Waals surface area contributed by atoms with E-state index in [2.05, 4.69) is 5.32 Å². The Morgan fingerprint density at radius 2 is 1.92 bits per heavy atom. The average molecular weight is 368 g/mol. The lowest BCUT2D eigenvalue weighted by molar-refractivity contribution is -0.144. The van der Waals surface area contributed by atoms with Gasteiger partial charge in [0.2, 0.25) is 5.75 Å². The number of phenols is 2. The molecule has 1 heterocycles. The first-order chi connectivity index (χ1) is 12.2. The van der Waals surface area contributed by atoms with Gasteiger partial charge in [-0.2, -0.15) is 13.2 Å². The van der Waals surface area contributed by atoms with Crippen LogP contribution in [0.1, 0.15) is 22.1 Å². The summed E-state index contributed by atoms with van der Waals surface area (Å²) >= 11 is 0. The number of carbonyl (C=O) groups is 1. The molecule has 9 heteroatoms. The molecule has 6 nitrogen and oxygen atoms in total. The zero-order valence-electron chi connectivity index (χ0n) is 13.5. The zero-order chi connectivity index (χ0) is 19.1. The summed E-state index contributed by atoms with van der Waals surface area (Å²) < 4.78 is 44.0. The molecule has 0 aromatic heterocycles. The van der Waals surface area contributed by atoms with Crippen LogP contribution in [0.5, 0.6) is 17.2 Å². The highest BCUT2D eigenvalue weighted by Crippen LogP contribution is 2.41. The number of halogens is 3. The summed E-state index contributed by atoms with van der Waals surface area (Å²) in [6.07, 6.45) is -5.83. The molecule has 0 aliphatic carbocycles. The van der Waals surface area contributed by atoms with Crippen molar-refractivity contribution in [3.8, 4) is 17.2 Å². The van der Waals surface area contributed by atoms with Crippen LogP contribution in [0, 0.1) is 0 Å². The molecule has 0 radical (unpaired) electrons. The van der Waals surface area contributed by atoms with Gasteiger partial charge in [0, 0.05) is 11.3 Å². The summed E-state index contributed by atoms with van der Waals surface area (Å²) in [5.41, 5.74) is 0.611. The Labute approximate surface area is 146 Å². The lowest BCUT2D eigenvalue weighted by atomic mass is 10.0. The van der Waals surface area contributed by atoms with Gasteiger partial charge in [0.05, 0.1) is 12.7 Å². The quantitative estimate of drug-likeness (QED) is 0.725. The number of nitrogens with zero attached hydrogens (tertiary/aromatic N) is 1. The number of methoxy groups -OCH3 is 1. The molecule has 1 aliphatic rings. The number of benzene rings is 2. The molecule has 3 N–H and O–H groups in total. The molecule has 0 fully saturated rings. The predicted octanol–water partition coefficient (Wildman–Crippen LogP) is 3.24. The van der Waals surface area contributed by atoms with E-state index in [-0.39, 0.29) is 16.9 Å². The van der Waals surface area contributed by atoms with E-state index < -0.39 is 36.3 Å². The van der Waals surface area contributed by atoms with Gasteiger partial charge in [-0.15, -0.1) is 0 Å². The van der Waals surface area contributed by atoms with Crippen molar-refractivity contribution in [3.63, 3.8) is 0 Å². The number of para-hydroxylation sites is 1. The van der Waals surface area contributed by atoms with Crippen molar-refractivity contribution in [1.29, 1.82) is 0 Å². The smallest absolute Gasteiger partial charge is 0.406 e. The van der Waals surface area contributed by atoms with Crippen LogP contribution in [0.15, 0.2) is 36.4 Å². The Balaban J connectivity index is 2.11. The summed E-state index contributed by atoms with van der Waals surface area (Å²) in [7, 11) is 1.24. The highest BCUT2D eigenvalue weighted by molar-refractivity contribution is 6.01. The van der Waals surface area contributed by atoms with Crippen molar-refractivity contribution >= 4 is 11.6 Å². The number of carbonyl (C=O) groups excluding carboxylic acids is 1. The Kier molecular flexibility index (Phi) is 4.31. The van der Waals surface area contributed by atoms with E-state index in [0.717, 1.165) is 6.07 Å². The largest absolute Gasteiger partial charge is 0.504 e. The number of ether oxygens (including phenoxy) is 1. The first-order valence-electron chi connectivity index (χ1n) is 7.54. The number of alkyl halides is 3. The lowest BCUT2D eigenvalue weighted by Gasteiger charge is -2.38. The maximum absolute atomic E-state index is 13.0. The second kappa shape index (κ2) is 6.32. The molecular formula is C17H15F3N2O4. The molecule has 0 saturated heterocycles. The fraction of sp³-hybridized carbons (Fsp3) is 0.235. The first kappa shape index (κ1) is 17.7. The number of hydrogen-bond donors (Lipinski definition) is 3. The van der Waals surface area contributed by atoms with Crippen LogP contribution in [0.4, 0.5) is 18.9 Å². The first-order valence-corrected chi connectivity index (χ1v) is 7.54. The van der Waals surface area contributed by atoms with E-state index in [4.69, 9.17) is 4.74 Å². The summed E-state index contributed by atoms with van der Waals surface area (Å²) in [6, 6.07) is 8.55. The van der Waals surface area contributed by atoms with Gasteiger partial charge in [-0.05, 0) is 24.3 Å². The fourth-order valence-electron chi connectivity index (χ4n) is 2.84. The molecule has 1 aliphatic heterocycles. The van der Waals surface area contributed by atoms with Crippen LogP contribution >= 0.6 is 0 Å². The van der Waals surface area contributed by atoms with E-state index in [0.29, 0.717) is 10.6 Å². The molecule has 3 rings (SSSR count). The molecule has 0 spiro atoms. The van der Waals surface area contributed by atoms with E-state index in [1.165, 1.54) is 19.2 Å². The Hall–Kier alpha value is -3.10. The number of nitrogens with one attached hydrogen (secondary N) is 1. The van der Waals surface area contributed by atoms with Crippen LogP contribution in [0.2, 0.25) is 0 Å². The van der Waals surface area contributed by atoms with Crippen LogP contribution in [0.25, 0.3) is 0 Å². The molecule has 2 aromatic carbocycles. The molecule has 2 aromatic rings. The molecule has 0 unspecified atom stereocenters. The molecular weight excluding hydrogens is 353 g/mol. The Morgan fingerprint density at radius 1 is 1.23 bits per heavy atom. The molecule has 138 valence electrons. The number of hydrogen-bond acceptors (Lipinski definition) is 5. The Morgan fingerprint density at radius 3 is 2.58 bits per heavy atom. The summed E-state index contributed by atoms with van der Waals surface area (Å²) in [5, 5.41) is 22.4. The monoisotopic (exact) mass is 368 g/mol. The normalized spacial score (nSPS) is 16.8. The van der Waals surface area contributed by atoms with E-state index in [1.807, 2.05) is 0 Å². The third kappa shape index (κ3) is 3.19. The highest BCUT2D eigenvalue weighted by Gasteiger charge is 2.41. The van der Waals surface area contributed by atoms with Gasteiger partial charge in [-0.25, -0.2) is 0 Å². The van der Waals surface area contributed by atoms with Gasteiger partial charge < -0.3 is 25.2 Å². The second-order valence-corrected chi connectivity index (χ2v) is 5.73. The minimum atomic E-state index is -4.62. The van der Waals surface area contributed by atoms with Gasteiger partial charge in [0.15, 0.2) is 11.5 Å². The average Bonchev–Trinajstić information content (AvgIpc) is 2.58. The lowest BCUT2D eigenvalue weighted by Crippen LogP contribution is -2.47. The molecule has 0 saturated carbocycles. The Bertz CT molecular complexity index is 854. The van der Waals surface area contributed by atoms with Crippen LogP contribution in [-0.2, 0) is 0 Å². The van der Waals surface area contributed by atoms with Gasteiger partial charge in [0.1, 0.15) is 12.7 Å². The highest BCUT2D eigenvalue weighted by atomic mass is 19.4. The molecule has 1 atom stereocenters. The minimum absolute atomic E-state index is 0.114. The number of fused-ring (bicyclic) bond motifs is 1. The van der Waals surface area contributed by atoms with Crippen molar-refractivity contribution in [1.82, 2.24) is 4.90 Å². The number of anilines is 1. The van der Waals surface area contributed by atoms with Crippen molar-refractivity contribution in [3.05, 3.63) is 47.5 Å². The van der Waals surface area contributed by atoms with Crippen molar-refractivity contribution in [2.75, 3.05) is 19.0 Å². The number of rotatable bonds is 3. The van der Waals surface area contributed by atoms with Crippen molar-refractivity contribution in [2.45, 2.75) is 12.3 Å². The van der Waals surface area contributed by atoms with Gasteiger partial charge >= 0.3 is 6.18 Å². The fourth-order valence-corrected chi connectivity index (χ4v) is 2.84. The van der Waals surface area contributed by atoms with E-state index in [9.17, 15) is 28.2 Å². The third-order valence-electron chi connectivity index (χ3n) is 3.98. The third-order valence-corrected chi connectivity index (χ3v) is 3.98. The SMILES string of the molecule is COc1cc([C@H]2Nc3ccccc3C(=O)N2CC(F)(F)F)cc(O)c1O. The van der Waals surface area contributed by atoms with Gasteiger partial charge in [0.25, 0.3) is 5.91 Å². The zero-order valence-corrected chi connectivity index (χ0v) is 13.5. The molecule has 26 heavy (non-hydrogen) atoms. The number of phenolic OH excluding ortho intramolecular Hbond substituents is 2. The van der Waals surface area contributed by atoms with Crippen LogP contribution in [0.3, 0.4) is 0 Å². The molecule has 1 amide bonds. The van der Waals surface area contributed by atoms with Crippen LogP contribution < -0.4 is 10.1 Å². The number of aromatic hydroxyl groups is 2. The maximum Gasteiger partial charge on any atom is 0.406 e. The van der Waals surface area contributed by atoms with Crippen LogP contribution in [-0.4, -0.2) is 40.9 Å². The summed E-state index contributed by atoms with van der Waals surface area (Å²) in [5.74, 6) is -2.03. The van der Waals surface area contributed by atoms with Crippen molar-refractivity contribution < 1.29 is 32.9 Å².